The molecule has 17 heavy (non-hydrogen) atoms. The van der Waals surface area contributed by atoms with E-state index in [1.807, 2.05) is 0 Å². The Morgan fingerprint density at radius 3 is 1.65 bits per heavy atom. The molecule has 0 spiro atoms. The van der Waals surface area contributed by atoms with Gasteiger partial charge in [0.05, 0.1) is 0 Å². The van der Waals surface area contributed by atoms with E-state index < -0.39 is 14.3 Å². The topological polar surface area (TPSA) is 0 Å². The van der Waals surface area contributed by atoms with Crippen LogP contribution in [0.25, 0.3) is 0 Å². The average molecular weight is 298 g/mol. The monoisotopic (exact) mass is 299 g/mol. The number of unbranched alkanes of at least 4 members (excludes halogenated alkanes) is 6. The second-order valence-corrected chi connectivity index (χ2v) is 11.5. The van der Waals surface area contributed by atoms with Crippen LogP contribution in [0.15, 0.2) is 12.7 Å². The summed E-state index contributed by atoms with van der Waals surface area (Å²) >= 11 is -0.651. The van der Waals surface area contributed by atoms with Crippen LogP contribution in [0, 0.1) is 0 Å². The molecule has 0 heterocycles. The Balaban J connectivity index is 3.63. The Kier molecular flexibility index (Phi) is 14.6. The number of allylic oxidation sites excluding steroid dienone is 1. The molecule has 0 saturated carbocycles. The first kappa shape index (κ1) is 17.3. The van der Waals surface area contributed by atoms with Crippen molar-refractivity contribution in [3.8, 4) is 0 Å². The van der Waals surface area contributed by atoms with Crippen LogP contribution in [-0.4, -0.2) is 14.3 Å². The molecule has 0 saturated heterocycles. The summed E-state index contributed by atoms with van der Waals surface area (Å²) in [5, 5.41) is 4.92. The number of rotatable bonds is 13. The zero-order chi connectivity index (χ0) is 12.8. The summed E-state index contributed by atoms with van der Waals surface area (Å²) in [4.78, 5) is 0. The SMILES string of the molecule is C=CCCC[CH2][Ge]([CH2]CCCC)[CH2]CCCC. The summed E-state index contributed by atoms with van der Waals surface area (Å²) in [5.74, 6) is 0. The van der Waals surface area contributed by atoms with Crippen molar-refractivity contribution < 1.29 is 0 Å². The predicted octanol–water partition coefficient (Wildman–Crippen LogP) is 6.22. The third kappa shape index (κ3) is 12.5. The molecule has 0 aliphatic rings. The van der Waals surface area contributed by atoms with Gasteiger partial charge in [-0.25, -0.2) is 0 Å². The second-order valence-electron chi connectivity index (χ2n) is 5.20. The van der Waals surface area contributed by atoms with Gasteiger partial charge >= 0.3 is 114 Å². The van der Waals surface area contributed by atoms with Crippen molar-refractivity contribution >= 4 is 14.3 Å². The first-order chi connectivity index (χ1) is 8.35. The molecular formula is C16H33Ge. The zero-order valence-electron chi connectivity index (χ0n) is 12.3. The van der Waals surface area contributed by atoms with Gasteiger partial charge in [-0.1, -0.05) is 0 Å². The molecule has 0 nitrogen and oxygen atoms in total. The van der Waals surface area contributed by atoms with E-state index in [1.165, 1.54) is 57.8 Å². The number of hydrogen-bond donors (Lipinski definition) is 0. The van der Waals surface area contributed by atoms with Crippen molar-refractivity contribution in [3.05, 3.63) is 12.7 Å². The zero-order valence-corrected chi connectivity index (χ0v) is 14.4. The Hall–Kier alpha value is 0.283. The van der Waals surface area contributed by atoms with Gasteiger partial charge < -0.3 is 0 Å². The van der Waals surface area contributed by atoms with Crippen LogP contribution in [0.5, 0.6) is 0 Å². The van der Waals surface area contributed by atoms with E-state index in [2.05, 4.69) is 26.5 Å². The summed E-state index contributed by atoms with van der Waals surface area (Å²) in [5.41, 5.74) is 0. The summed E-state index contributed by atoms with van der Waals surface area (Å²) < 4.78 is 0. The standard InChI is InChI=1S/C16H33Ge/c1-4-7-10-13-16-17(14-11-8-5-2)15-12-9-6-3/h4H,1,5-16H2,2-3H3. The molecule has 1 heteroatoms. The van der Waals surface area contributed by atoms with Crippen LogP contribution in [-0.2, 0) is 0 Å². The van der Waals surface area contributed by atoms with E-state index in [-0.39, 0.29) is 0 Å². The Morgan fingerprint density at radius 2 is 1.24 bits per heavy atom. The molecule has 0 N–H and O–H groups in total. The van der Waals surface area contributed by atoms with E-state index in [1.54, 1.807) is 15.8 Å². The van der Waals surface area contributed by atoms with Crippen molar-refractivity contribution in [1.29, 1.82) is 0 Å². The first-order valence-electron chi connectivity index (χ1n) is 7.79. The molecule has 0 aromatic heterocycles. The maximum absolute atomic E-state index is 3.81. The van der Waals surface area contributed by atoms with Gasteiger partial charge in [0, 0.05) is 0 Å². The molecule has 0 rings (SSSR count). The van der Waals surface area contributed by atoms with E-state index in [4.69, 9.17) is 0 Å². The molecule has 0 amide bonds. The van der Waals surface area contributed by atoms with Crippen molar-refractivity contribution in [2.75, 3.05) is 0 Å². The molecule has 0 aliphatic carbocycles. The van der Waals surface area contributed by atoms with Crippen LogP contribution in [0.1, 0.15) is 71.6 Å². The molecule has 0 bridgehead atoms. The molecule has 0 aromatic carbocycles. The fraction of sp³-hybridized carbons (Fsp3) is 0.875. The van der Waals surface area contributed by atoms with Crippen molar-refractivity contribution in [2.24, 2.45) is 0 Å². The van der Waals surface area contributed by atoms with Crippen LogP contribution in [0.4, 0.5) is 0 Å². The molecule has 0 unspecified atom stereocenters. The van der Waals surface area contributed by atoms with Gasteiger partial charge in [-0.3, -0.25) is 0 Å². The molecule has 0 atom stereocenters. The fourth-order valence-corrected chi connectivity index (χ4v) is 8.58. The molecular weight excluding hydrogens is 265 g/mol. The summed E-state index contributed by atoms with van der Waals surface area (Å²) in [6.45, 7) is 8.45. The summed E-state index contributed by atoms with van der Waals surface area (Å²) in [7, 11) is 0. The van der Waals surface area contributed by atoms with Crippen molar-refractivity contribution in [2.45, 2.75) is 87.4 Å². The van der Waals surface area contributed by atoms with Gasteiger partial charge in [-0.2, -0.15) is 0 Å². The first-order valence-corrected chi connectivity index (χ1v) is 12.2. The summed E-state index contributed by atoms with van der Waals surface area (Å²) in [6, 6.07) is 0. The molecule has 101 valence electrons. The third-order valence-corrected chi connectivity index (χ3v) is 10.1. The quantitative estimate of drug-likeness (QED) is 0.215. The van der Waals surface area contributed by atoms with E-state index in [0.717, 1.165) is 0 Å². The summed E-state index contributed by atoms with van der Waals surface area (Å²) in [6.07, 6.45) is 14.9. The Labute approximate surface area is 114 Å². The van der Waals surface area contributed by atoms with Crippen LogP contribution in [0.3, 0.4) is 0 Å². The van der Waals surface area contributed by atoms with Gasteiger partial charge in [0.25, 0.3) is 0 Å². The van der Waals surface area contributed by atoms with Gasteiger partial charge in [0.15, 0.2) is 0 Å². The molecule has 0 aromatic rings. The van der Waals surface area contributed by atoms with Gasteiger partial charge in [0.1, 0.15) is 0 Å². The molecule has 1 radical (unpaired) electrons. The predicted molar refractivity (Wildman–Crippen MR) is 83.3 cm³/mol. The second kappa shape index (κ2) is 14.3. The Bertz CT molecular complexity index is 144. The Morgan fingerprint density at radius 1 is 0.765 bits per heavy atom. The minimum atomic E-state index is -0.651. The van der Waals surface area contributed by atoms with Gasteiger partial charge in [-0.05, 0) is 0 Å². The number of hydrogen-bond acceptors (Lipinski definition) is 0. The van der Waals surface area contributed by atoms with E-state index >= 15 is 0 Å². The van der Waals surface area contributed by atoms with E-state index in [0.29, 0.717) is 0 Å². The normalized spacial score (nSPS) is 11.0. The van der Waals surface area contributed by atoms with E-state index in [9.17, 15) is 0 Å². The van der Waals surface area contributed by atoms with Gasteiger partial charge in [-0.15, -0.1) is 0 Å². The van der Waals surface area contributed by atoms with Crippen LogP contribution < -0.4 is 0 Å². The molecule has 0 aliphatic heterocycles. The molecule has 0 fully saturated rings. The van der Waals surface area contributed by atoms with Crippen molar-refractivity contribution in [3.63, 3.8) is 0 Å². The van der Waals surface area contributed by atoms with Crippen LogP contribution >= 0.6 is 0 Å². The average Bonchev–Trinajstić information content (AvgIpc) is 2.34. The maximum atomic E-state index is 3.81. The van der Waals surface area contributed by atoms with Gasteiger partial charge in [0.2, 0.25) is 0 Å². The third-order valence-electron chi connectivity index (χ3n) is 3.46. The van der Waals surface area contributed by atoms with Crippen LogP contribution in [0.2, 0.25) is 15.8 Å². The van der Waals surface area contributed by atoms with Crippen molar-refractivity contribution in [1.82, 2.24) is 0 Å². The minimum absolute atomic E-state index is 0.651. The fourth-order valence-electron chi connectivity index (χ4n) is 2.29.